The monoisotopic (exact) mass is 497 g/mol. The summed E-state index contributed by atoms with van der Waals surface area (Å²) < 4.78 is 2.72. The number of nitrogens with one attached hydrogen (secondary N) is 1. The Hall–Kier alpha value is -3.10. The summed E-state index contributed by atoms with van der Waals surface area (Å²) in [6.07, 6.45) is 8.70. The van der Waals surface area contributed by atoms with Gasteiger partial charge in [-0.1, -0.05) is 55.0 Å². The zero-order valence-corrected chi connectivity index (χ0v) is 21.9. The minimum atomic E-state index is 0.241. The lowest BCUT2D eigenvalue weighted by atomic mass is 9.51. The van der Waals surface area contributed by atoms with E-state index in [9.17, 15) is 0 Å². The topological polar surface area (TPSA) is 12.0 Å². The van der Waals surface area contributed by atoms with Crippen LogP contribution in [0.4, 0.5) is 11.4 Å². The predicted octanol–water partition coefficient (Wildman–Crippen LogP) is 9.91. The molecule has 0 radical (unpaired) electrons. The number of rotatable bonds is 2. The molecule has 4 bridgehead atoms. The van der Waals surface area contributed by atoms with Crippen molar-refractivity contribution in [2.24, 2.45) is 23.7 Å². The maximum Gasteiger partial charge on any atom is 0.0391 e. The zero-order valence-electron chi connectivity index (χ0n) is 21.0. The Morgan fingerprint density at radius 3 is 2.35 bits per heavy atom. The van der Waals surface area contributed by atoms with Gasteiger partial charge in [0.15, 0.2) is 0 Å². The van der Waals surface area contributed by atoms with Crippen molar-refractivity contribution in [2.75, 3.05) is 5.32 Å². The third-order valence-electron chi connectivity index (χ3n) is 10.5. The van der Waals surface area contributed by atoms with Gasteiger partial charge in [0, 0.05) is 37.0 Å². The molecule has 1 nitrogen and oxygen atoms in total. The Kier molecular flexibility index (Phi) is 4.23. The molecule has 37 heavy (non-hydrogen) atoms. The normalized spacial score (nSPS) is 29.1. The smallest absolute Gasteiger partial charge is 0.0391 e. The third kappa shape index (κ3) is 2.80. The largest absolute Gasteiger partial charge is 0.355 e. The van der Waals surface area contributed by atoms with E-state index < -0.39 is 0 Å². The van der Waals surface area contributed by atoms with Gasteiger partial charge in [0.05, 0.1) is 0 Å². The van der Waals surface area contributed by atoms with Crippen LogP contribution in [0.5, 0.6) is 0 Å². The average Bonchev–Trinajstić information content (AvgIpc) is 3.35. The molecule has 0 aliphatic heterocycles. The molecule has 182 valence electrons. The molecule has 5 atom stereocenters. The van der Waals surface area contributed by atoms with Crippen LogP contribution in [-0.2, 0) is 5.41 Å². The molecule has 1 aromatic heterocycles. The number of hydrogen-bond donors (Lipinski definition) is 1. The Bertz CT molecular complexity index is 1700. The van der Waals surface area contributed by atoms with Gasteiger partial charge < -0.3 is 5.32 Å². The van der Waals surface area contributed by atoms with Gasteiger partial charge in [-0.15, -0.1) is 11.3 Å². The van der Waals surface area contributed by atoms with Crippen LogP contribution in [0, 0.1) is 23.7 Å². The first-order valence-electron chi connectivity index (χ1n) is 14.2. The number of benzene rings is 4. The molecule has 5 aromatic rings. The Morgan fingerprint density at radius 2 is 1.35 bits per heavy atom. The van der Waals surface area contributed by atoms with E-state index in [-0.39, 0.29) is 5.41 Å². The molecule has 0 amide bonds. The van der Waals surface area contributed by atoms with Crippen LogP contribution in [0.25, 0.3) is 31.3 Å². The molecule has 5 aliphatic carbocycles. The highest BCUT2D eigenvalue weighted by atomic mass is 32.1. The Balaban J connectivity index is 1.16. The van der Waals surface area contributed by atoms with Crippen LogP contribution in [0.1, 0.15) is 49.7 Å². The molecule has 1 spiro atoms. The number of fused-ring (bicyclic) bond motifs is 7. The Labute approximate surface area is 222 Å². The minimum absolute atomic E-state index is 0.241. The molecule has 0 saturated heterocycles. The quantitative estimate of drug-likeness (QED) is 0.256. The van der Waals surface area contributed by atoms with Crippen molar-refractivity contribution in [3.8, 4) is 11.1 Å². The summed E-state index contributed by atoms with van der Waals surface area (Å²) in [7, 11) is 0. The molecule has 1 N–H and O–H groups in total. The van der Waals surface area contributed by atoms with Crippen molar-refractivity contribution in [1.29, 1.82) is 0 Å². The fraction of sp³-hybridized carbons (Fsp3) is 0.314. The SMILES string of the molecule is c1ccc2c(c1)-c1cc(Nc3ccc4sc5ccccc5c4c3)ccc1C21C2CCC3CC(C2)CC1C3. The van der Waals surface area contributed by atoms with E-state index in [0.717, 1.165) is 23.7 Å². The first-order valence-corrected chi connectivity index (χ1v) is 15.0. The van der Waals surface area contributed by atoms with E-state index in [0.29, 0.717) is 0 Å². The molecular formula is C35H31NS. The molecule has 4 aromatic carbocycles. The van der Waals surface area contributed by atoms with E-state index in [1.807, 2.05) is 11.3 Å². The van der Waals surface area contributed by atoms with E-state index >= 15 is 0 Å². The summed E-state index contributed by atoms with van der Waals surface area (Å²) in [5, 5.41) is 6.49. The van der Waals surface area contributed by atoms with Gasteiger partial charge in [-0.3, -0.25) is 0 Å². The van der Waals surface area contributed by atoms with Crippen molar-refractivity contribution in [2.45, 2.75) is 43.9 Å². The molecule has 5 aliphatic rings. The van der Waals surface area contributed by atoms with Crippen LogP contribution in [0.15, 0.2) is 84.9 Å². The molecular weight excluding hydrogens is 466 g/mol. The van der Waals surface area contributed by atoms with E-state index in [1.54, 1.807) is 11.1 Å². The second-order valence-electron chi connectivity index (χ2n) is 12.3. The van der Waals surface area contributed by atoms with Crippen LogP contribution in [0.2, 0.25) is 0 Å². The minimum Gasteiger partial charge on any atom is -0.355 e. The lowest BCUT2D eigenvalue weighted by Crippen LogP contribution is -2.48. The summed E-state index contributed by atoms with van der Waals surface area (Å²) in [6, 6.07) is 32.4. The first-order chi connectivity index (χ1) is 18.3. The van der Waals surface area contributed by atoms with E-state index in [2.05, 4.69) is 90.2 Å². The highest BCUT2D eigenvalue weighted by molar-refractivity contribution is 7.25. The summed E-state index contributed by atoms with van der Waals surface area (Å²) in [4.78, 5) is 0. The van der Waals surface area contributed by atoms with Gasteiger partial charge in [-0.25, -0.2) is 0 Å². The number of thiophene rings is 1. The number of hydrogen-bond acceptors (Lipinski definition) is 2. The fourth-order valence-corrected chi connectivity index (χ4v) is 10.4. The lowest BCUT2D eigenvalue weighted by molar-refractivity contribution is 0.0618. The van der Waals surface area contributed by atoms with Crippen molar-refractivity contribution < 1.29 is 0 Å². The highest BCUT2D eigenvalue weighted by Gasteiger charge is 2.59. The number of anilines is 2. The van der Waals surface area contributed by atoms with Crippen LogP contribution < -0.4 is 5.32 Å². The van der Waals surface area contributed by atoms with Crippen molar-refractivity contribution in [3.05, 3.63) is 96.1 Å². The van der Waals surface area contributed by atoms with Crippen molar-refractivity contribution in [3.63, 3.8) is 0 Å². The molecule has 5 unspecified atom stereocenters. The van der Waals surface area contributed by atoms with Crippen molar-refractivity contribution >= 4 is 42.9 Å². The van der Waals surface area contributed by atoms with Crippen molar-refractivity contribution in [1.82, 2.24) is 0 Å². The summed E-state index contributed by atoms with van der Waals surface area (Å²) in [5.74, 6) is 3.56. The highest BCUT2D eigenvalue weighted by Crippen LogP contribution is 2.67. The third-order valence-corrected chi connectivity index (χ3v) is 11.7. The standard InChI is InChI=1S/C35H31NS/c1-3-7-31-27(5-1)29-19-25(36-26-12-14-34-30(20-26)28-6-2-4-8-33(28)37-34)11-13-32(29)35(31)23-10-9-21-15-22(17-23)18-24(35)16-21/h1-8,11-14,19-24,36H,9-10,15-18H2. The summed E-state index contributed by atoms with van der Waals surface area (Å²) in [5.41, 5.74) is 8.86. The van der Waals surface area contributed by atoms with Crippen LogP contribution in [-0.4, -0.2) is 0 Å². The lowest BCUT2D eigenvalue weighted by Gasteiger charge is -2.53. The van der Waals surface area contributed by atoms with Gasteiger partial charge in [0.2, 0.25) is 0 Å². The van der Waals surface area contributed by atoms with E-state index in [1.165, 1.54) is 81.2 Å². The second kappa shape index (κ2) is 7.48. The average molecular weight is 498 g/mol. The first kappa shape index (κ1) is 20.9. The molecule has 2 heteroatoms. The molecule has 4 saturated carbocycles. The van der Waals surface area contributed by atoms with Gasteiger partial charge in [0.25, 0.3) is 0 Å². The van der Waals surface area contributed by atoms with Gasteiger partial charge in [-0.2, -0.15) is 0 Å². The summed E-state index contributed by atoms with van der Waals surface area (Å²) in [6.45, 7) is 0. The molecule has 10 rings (SSSR count). The molecule has 4 fully saturated rings. The summed E-state index contributed by atoms with van der Waals surface area (Å²) >= 11 is 1.88. The van der Waals surface area contributed by atoms with Gasteiger partial charge in [0.1, 0.15) is 0 Å². The van der Waals surface area contributed by atoms with Crippen LogP contribution in [0.3, 0.4) is 0 Å². The Morgan fingerprint density at radius 1 is 0.595 bits per heavy atom. The zero-order chi connectivity index (χ0) is 24.1. The second-order valence-corrected chi connectivity index (χ2v) is 13.3. The van der Waals surface area contributed by atoms with Crippen LogP contribution >= 0.6 is 11.3 Å². The maximum absolute atomic E-state index is 3.78. The van der Waals surface area contributed by atoms with Gasteiger partial charge >= 0.3 is 0 Å². The fourth-order valence-electron chi connectivity index (χ4n) is 9.35. The predicted molar refractivity (Wildman–Crippen MR) is 157 cm³/mol. The maximum atomic E-state index is 3.78. The molecule has 1 heterocycles. The van der Waals surface area contributed by atoms with Gasteiger partial charge in [-0.05, 0) is 114 Å². The van der Waals surface area contributed by atoms with E-state index in [4.69, 9.17) is 0 Å².